The van der Waals surface area contributed by atoms with Gasteiger partial charge < -0.3 is 4.40 Å². The van der Waals surface area contributed by atoms with E-state index in [9.17, 15) is 4.79 Å². The summed E-state index contributed by atoms with van der Waals surface area (Å²) in [6.45, 7) is 6.48. The Bertz CT molecular complexity index is 810. The van der Waals surface area contributed by atoms with Crippen LogP contribution in [0.1, 0.15) is 35.5 Å². The summed E-state index contributed by atoms with van der Waals surface area (Å²) < 4.78 is 1.97. The van der Waals surface area contributed by atoms with E-state index in [1.165, 1.54) is 5.56 Å². The van der Waals surface area contributed by atoms with Crippen LogP contribution >= 0.6 is 0 Å². The smallest absolute Gasteiger partial charge is 0.167 e. The summed E-state index contributed by atoms with van der Waals surface area (Å²) in [7, 11) is 0. The van der Waals surface area contributed by atoms with E-state index in [1.54, 1.807) is 0 Å². The molecule has 3 rings (SSSR count). The fraction of sp³-hybridized carbons (Fsp3) is 0.250. The van der Waals surface area contributed by atoms with E-state index in [-0.39, 0.29) is 0 Å². The molecule has 2 nitrogen and oxygen atoms in total. The highest BCUT2D eigenvalue weighted by atomic mass is 16.1. The van der Waals surface area contributed by atoms with Crippen LogP contribution in [0.25, 0.3) is 16.6 Å². The minimum absolute atomic E-state index is 0.649. The van der Waals surface area contributed by atoms with Crippen LogP contribution < -0.4 is 0 Å². The number of aromatic nitrogens is 1. The second-order valence-corrected chi connectivity index (χ2v) is 6.36. The van der Waals surface area contributed by atoms with Crippen LogP contribution in [0.4, 0.5) is 0 Å². The van der Waals surface area contributed by atoms with Crippen LogP contribution in [0, 0.1) is 12.8 Å². The quantitative estimate of drug-likeness (QED) is 0.625. The van der Waals surface area contributed by atoms with E-state index in [2.05, 4.69) is 56.3 Å². The SMILES string of the molecule is Cc1ccc2cc(-c3ccc(CC(C)C)cc3)c(C=O)n2c1. The zero-order valence-electron chi connectivity index (χ0n) is 13.3. The topological polar surface area (TPSA) is 21.5 Å². The van der Waals surface area contributed by atoms with Crippen LogP contribution in [0.5, 0.6) is 0 Å². The highest BCUT2D eigenvalue weighted by Crippen LogP contribution is 2.27. The third-order valence-electron chi connectivity index (χ3n) is 3.98. The van der Waals surface area contributed by atoms with Crippen molar-refractivity contribution in [2.75, 3.05) is 0 Å². The van der Waals surface area contributed by atoms with Crippen molar-refractivity contribution in [3.63, 3.8) is 0 Å². The Balaban J connectivity index is 2.07. The van der Waals surface area contributed by atoms with E-state index >= 15 is 0 Å². The van der Waals surface area contributed by atoms with Crippen LogP contribution in [-0.2, 0) is 6.42 Å². The highest BCUT2D eigenvalue weighted by Gasteiger charge is 2.11. The zero-order chi connectivity index (χ0) is 15.7. The molecule has 112 valence electrons. The molecule has 0 aliphatic carbocycles. The minimum Gasteiger partial charge on any atom is -0.313 e. The highest BCUT2D eigenvalue weighted by molar-refractivity contribution is 5.89. The normalized spacial score (nSPS) is 11.3. The van der Waals surface area contributed by atoms with Gasteiger partial charge >= 0.3 is 0 Å². The molecule has 1 aromatic carbocycles. The second kappa shape index (κ2) is 5.80. The zero-order valence-corrected chi connectivity index (χ0v) is 13.3. The van der Waals surface area contributed by atoms with Crippen molar-refractivity contribution in [1.29, 1.82) is 0 Å². The molecule has 0 N–H and O–H groups in total. The Kier molecular flexibility index (Phi) is 3.84. The third-order valence-corrected chi connectivity index (χ3v) is 3.98. The molecular weight excluding hydrogens is 270 g/mol. The Morgan fingerprint density at radius 3 is 2.45 bits per heavy atom. The summed E-state index contributed by atoms with van der Waals surface area (Å²) in [5, 5.41) is 0. The van der Waals surface area contributed by atoms with Gasteiger partial charge in [-0.05, 0) is 48.1 Å². The van der Waals surface area contributed by atoms with Gasteiger partial charge in [0, 0.05) is 17.3 Å². The molecule has 0 unspecified atom stereocenters. The van der Waals surface area contributed by atoms with Gasteiger partial charge in [0.2, 0.25) is 0 Å². The van der Waals surface area contributed by atoms with Crippen molar-refractivity contribution in [3.05, 3.63) is 65.5 Å². The number of rotatable bonds is 4. The summed E-state index contributed by atoms with van der Waals surface area (Å²) in [5.41, 5.74) is 6.34. The van der Waals surface area contributed by atoms with Crippen molar-refractivity contribution < 1.29 is 4.79 Å². The van der Waals surface area contributed by atoms with Gasteiger partial charge in [0.1, 0.15) is 0 Å². The molecule has 0 radical (unpaired) electrons. The number of pyridine rings is 1. The lowest BCUT2D eigenvalue weighted by Crippen LogP contribution is -1.95. The van der Waals surface area contributed by atoms with E-state index in [0.29, 0.717) is 5.92 Å². The van der Waals surface area contributed by atoms with E-state index in [4.69, 9.17) is 0 Å². The molecule has 0 atom stereocenters. The third kappa shape index (κ3) is 2.69. The first-order valence-corrected chi connectivity index (χ1v) is 7.74. The average Bonchev–Trinajstić information content (AvgIpc) is 2.85. The maximum atomic E-state index is 11.6. The average molecular weight is 291 g/mol. The maximum absolute atomic E-state index is 11.6. The van der Waals surface area contributed by atoms with Gasteiger partial charge in [0.15, 0.2) is 6.29 Å². The second-order valence-electron chi connectivity index (χ2n) is 6.36. The molecule has 0 bridgehead atoms. The largest absolute Gasteiger partial charge is 0.313 e. The lowest BCUT2D eigenvalue weighted by Gasteiger charge is -2.06. The van der Waals surface area contributed by atoms with Gasteiger partial charge in [-0.15, -0.1) is 0 Å². The summed E-state index contributed by atoms with van der Waals surface area (Å²) in [6, 6.07) is 14.8. The van der Waals surface area contributed by atoms with Crippen LogP contribution in [0.15, 0.2) is 48.7 Å². The van der Waals surface area contributed by atoms with Gasteiger partial charge in [-0.25, -0.2) is 0 Å². The summed E-state index contributed by atoms with van der Waals surface area (Å²) >= 11 is 0. The fourth-order valence-corrected chi connectivity index (χ4v) is 2.94. The monoisotopic (exact) mass is 291 g/mol. The van der Waals surface area contributed by atoms with E-state index in [1.807, 2.05) is 17.5 Å². The summed E-state index contributed by atoms with van der Waals surface area (Å²) in [6.07, 6.45) is 4.04. The lowest BCUT2D eigenvalue weighted by molar-refractivity contribution is 0.111. The molecule has 2 heteroatoms. The van der Waals surface area contributed by atoms with Crippen LogP contribution in [-0.4, -0.2) is 10.7 Å². The van der Waals surface area contributed by atoms with Crippen LogP contribution in [0.2, 0.25) is 0 Å². The number of nitrogens with zero attached hydrogens (tertiary/aromatic N) is 1. The first kappa shape index (κ1) is 14.6. The maximum Gasteiger partial charge on any atom is 0.167 e. The molecular formula is C20H21NO. The molecule has 22 heavy (non-hydrogen) atoms. The Labute approximate surface area is 131 Å². The molecule has 0 saturated carbocycles. The first-order chi connectivity index (χ1) is 10.6. The number of carbonyl (C=O) groups excluding carboxylic acids is 1. The molecule has 0 aliphatic rings. The Morgan fingerprint density at radius 1 is 1.09 bits per heavy atom. The molecule has 3 aromatic rings. The summed E-state index contributed by atoms with van der Waals surface area (Å²) in [4.78, 5) is 11.6. The van der Waals surface area contributed by atoms with Crippen LogP contribution in [0.3, 0.4) is 0 Å². The van der Waals surface area contributed by atoms with Crippen molar-refractivity contribution in [2.45, 2.75) is 27.2 Å². The number of aryl methyl sites for hydroxylation is 1. The van der Waals surface area contributed by atoms with Gasteiger partial charge in [-0.1, -0.05) is 44.2 Å². The minimum atomic E-state index is 0.649. The molecule has 2 heterocycles. The first-order valence-electron chi connectivity index (χ1n) is 7.74. The predicted molar refractivity (Wildman–Crippen MR) is 91.5 cm³/mol. The molecule has 2 aromatic heterocycles. The van der Waals surface area contributed by atoms with Crippen molar-refractivity contribution >= 4 is 11.8 Å². The Morgan fingerprint density at radius 2 is 1.82 bits per heavy atom. The van der Waals surface area contributed by atoms with E-state index in [0.717, 1.165) is 40.6 Å². The van der Waals surface area contributed by atoms with Gasteiger partial charge in [0.25, 0.3) is 0 Å². The van der Waals surface area contributed by atoms with Crippen molar-refractivity contribution in [2.24, 2.45) is 5.92 Å². The standard InChI is InChI=1S/C20H21NO/c1-14(2)10-16-5-7-17(8-6-16)19-11-18-9-4-15(3)12-21(18)20(19)13-22/h4-9,11-14H,10H2,1-3H3. The predicted octanol–water partition coefficient (Wildman–Crippen LogP) is 4.93. The van der Waals surface area contributed by atoms with Gasteiger partial charge in [-0.2, -0.15) is 0 Å². The molecule has 0 aliphatic heterocycles. The fourth-order valence-electron chi connectivity index (χ4n) is 2.94. The molecule has 0 amide bonds. The molecule has 0 spiro atoms. The van der Waals surface area contributed by atoms with Crippen molar-refractivity contribution in [3.8, 4) is 11.1 Å². The number of carbonyl (C=O) groups is 1. The Hall–Kier alpha value is -2.35. The number of fused-ring (bicyclic) bond motifs is 1. The lowest BCUT2D eigenvalue weighted by atomic mass is 9.99. The number of hydrogen-bond donors (Lipinski definition) is 0. The van der Waals surface area contributed by atoms with E-state index < -0.39 is 0 Å². The van der Waals surface area contributed by atoms with Crippen molar-refractivity contribution in [1.82, 2.24) is 4.40 Å². The number of benzene rings is 1. The number of hydrogen-bond acceptors (Lipinski definition) is 1. The molecule has 0 fully saturated rings. The van der Waals surface area contributed by atoms with Gasteiger partial charge in [0.05, 0.1) is 5.69 Å². The summed E-state index contributed by atoms with van der Waals surface area (Å²) in [5.74, 6) is 0.649. The molecule has 0 saturated heterocycles. The number of aldehydes is 1. The van der Waals surface area contributed by atoms with Gasteiger partial charge in [-0.3, -0.25) is 4.79 Å².